The third kappa shape index (κ3) is 3.55. The Labute approximate surface area is 164 Å². The molecule has 0 saturated heterocycles. The van der Waals surface area contributed by atoms with E-state index in [1.54, 1.807) is 19.4 Å². The molecule has 0 radical (unpaired) electrons. The summed E-state index contributed by atoms with van der Waals surface area (Å²) in [6.45, 7) is 2.89. The van der Waals surface area contributed by atoms with E-state index < -0.39 is 0 Å². The van der Waals surface area contributed by atoms with E-state index in [2.05, 4.69) is 39.5 Å². The average molecular weight is 381 g/mol. The number of methoxy groups -OCH3 is 1. The summed E-state index contributed by atoms with van der Waals surface area (Å²) in [6.07, 6.45) is 3.98. The van der Waals surface area contributed by atoms with Crippen molar-refractivity contribution < 1.29 is 4.74 Å². The summed E-state index contributed by atoms with van der Waals surface area (Å²) in [6, 6.07) is 14.2. The van der Waals surface area contributed by atoms with Crippen molar-refractivity contribution in [3.05, 3.63) is 64.8 Å². The van der Waals surface area contributed by atoms with E-state index in [-0.39, 0.29) is 0 Å². The Kier molecular flexibility index (Phi) is 4.86. The van der Waals surface area contributed by atoms with Gasteiger partial charge in [0, 0.05) is 29.5 Å². The fourth-order valence-corrected chi connectivity index (χ4v) is 3.54. The van der Waals surface area contributed by atoms with E-state index in [0.717, 1.165) is 36.5 Å². The van der Waals surface area contributed by atoms with Crippen molar-refractivity contribution in [2.75, 3.05) is 23.9 Å². The number of nitrogens with zero attached hydrogens (tertiary/aromatic N) is 3. The smallest absolute Gasteiger partial charge is 0.229 e. The summed E-state index contributed by atoms with van der Waals surface area (Å²) in [5.74, 6) is 2.06. The van der Waals surface area contributed by atoms with Crippen molar-refractivity contribution in [3.63, 3.8) is 0 Å². The lowest BCUT2D eigenvalue weighted by Crippen LogP contribution is -2.25. The van der Waals surface area contributed by atoms with Crippen LogP contribution in [0.5, 0.6) is 5.75 Å². The molecule has 5 nitrogen and oxygen atoms in total. The predicted molar refractivity (Wildman–Crippen MR) is 110 cm³/mol. The van der Waals surface area contributed by atoms with Crippen molar-refractivity contribution >= 4 is 34.7 Å². The van der Waals surface area contributed by atoms with E-state index in [0.29, 0.717) is 16.7 Å². The van der Waals surface area contributed by atoms with Gasteiger partial charge in [0.1, 0.15) is 11.6 Å². The zero-order valence-corrected chi connectivity index (χ0v) is 16.1. The lowest BCUT2D eigenvalue weighted by atomic mass is 10.0. The molecule has 1 aliphatic rings. The maximum Gasteiger partial charge on any atom is 0.229 e. The Bertz CT molecular complexity index is 976. The first-order valence-corrected chi connectivity index (χ1v) is 9.33. The van der Waals surface area contributed by atoms with Gasteiger partial charge in [-0.15, -0.1) is 0 Å². The molecule has 3 aromatic rings. The normalized spacial score (nSPS) is 13.2. The Balaban J connectivity index is 1.66. The number of fused-ring (bicyclic) bond motifs is 1. The number of hydrogen-bond acceptors (Lipinski definition) is 5. The highest BCUT2D eigenvalue weighted by atomic mass is 35.5. The predicted octanol–water partition coefficient (Wildman–Crippen LogP) is 5.27. The molecule has 1 N–H and O–H groups in total. The van der Waals surface area contributed by atoms with Crippen LogP contribution in [0.3, 0.4) is 0 Å². The minimum atomic E-state index is 0.524. The fraction of sp³-hybridized carbons (Fsp3) is 0.238. The van der Waals surface area contributed by atoms with Crippen molar-refractivity contribution in [2.24, 2.45) is 0 Å². The van der Waals surface area contributed by atoms with Gasteiger partial charge in [-0.3, -0.25) is 0 Å². The standard InChI is InChI=1S/C21H21ClN4O/c1-14-12-17(19(27-2)13-16(14)22)24-21-23-10-9-20(25-21)26-11-5-7-15-6-3-4-8-18(15)26/h3-4,6,8-10,12-13H,5,7,11H2,1-2H3,(H,23,24,25). The van der Waals surface area contributed by atoms with Gasteiger partial charge in [-0.05, 0) is 49.1 Å². The number of hydrogen-bond donors (Lipinski definition) is 1. The zero-order chi connectivity index (χ0) is 18.8. The third-order valence-corrected chi connectivity index (χ3v) is 5.16. The second-order valence-corrected chi connectivity index (χ2v) is 6.96. The van der Waals surface area contributed by atoms with Crippen LogP contribution in [0, 0.1) is 6.92 Å². The number of rotatable bonds is 4. The summed E-state index contributed by atoms with van der Waals surface area (Å²) >= 11 is 6.20. The van der Waals surface area contributed by atoms with E-state index in [1.807, 2.05) is 19.1 Å². The van der Waals surface area contributed by atoms with Gasteiger partial charge < -0.3 is 15.0 Å². The molecule has 6 heteroatoms. The number of benzene rings is 2. The molecule has 4 rings (SSSR count). The first-order valence-electron chi connectivity index (χ1n) is 8.95. The number of para-hydroxylation sites is 1. The Morgan fingerprint density at radius 2 is 2.04 bits per heavy atom. The van der Waals surface area contributed by atoms with Crippen molar-refractivity contribution in [1.29, 1.82) is 0 Å². The SMILES string of the molecule is COc1cc(Cl)c(C)cc1Nc1nccc(N2CCCc3ccccc32)n1. The van der Waals surface area contributed by atoms with Crippen LogP contribution in [0.2, 0.25) is 5.02 Å². The topological polar surface area (TPSA) is 50.3 Å². The van der Waals surface area contributed by atoms with E-state index >= 15 is 0 Å². The molecule has 1 aliphatic heterocycles. The molecule has 2 heterocycles. The van der Waals surface area contributed by atoms with Gasteiger partial charge in [0.15, 0.2) is 0 Å². The summed E-state index contributed by atoms with van der Waals surface area (Å²) < 4.78 is 5.43. The number of anilines is 4. The van der Waals surface area contributed by atoms with Crippen LogP contribution in [0.1, 0.15) is 17.5 Å². The number of aryl methyl sites for hydroxylation is 2. The molecule has 0 atom stereocenters. The molecule has 0 spiro atoms. The van der Waals surface area contributed by atoms with Crippen LogP contribution in [0.15, 0.2) is 48.7 Å². The lowest BCUT2D eigenvalue weighted by Gasteiger charge is -2.30. The second-order valence-electron chi connectivity index (χ2n) is 6.55. The molecule has 138 valence electrons. The van der Waals surface area contributed by atoms with Gasteiger partial charge in [-0.25, -0.2) is 4.98 Å². The van der Waals surface area contributed by atoms with E-state index in [4.69, 9.17) is 21.3 Å². The highest BCUT2D eigenvalue weighted by molar-refractivity contribution is 6.31. The number of halogens is 1. The largest absolute Gasteiger partial charge is 0.495 e. The van der Waals surface area contributed by atoms with Crippen LogP contribution in [0.4, 0.5) is 23.1 Å². The monoisotopic (exact) mass is 380 g/mol. The molecular weight excluding hydrogens is 360 g/mol. The fourth-order valence-electron chi connectivity index (χ4n) is 3.38. The highest BCUT2D eigenvalue weighted by Gasteiger charge is 2.19. The van der Waals surface area contributed by atoms with Crippen LogP contribution in [-0.4, -0.2) is 23.6 Å². The lowest BCUT2D eigenvalue weighted by molar-refractivity contribution is 0.416. The van der Waals surface area contributed by atoms with E-state index in [1.165, 1.54) is 11.3 Å². The zero-order valence-electron chi connectivity index (χ0n) is 15.4. The minimum absolute atomic E-state index is 0.524. The molecule has 0 bridgehead atoms. The third-order valence-electron chi connectivity index (χ3n) is 4.75. The molecule has 2 aromatic carbocycles. The molecule has 27 heavy (non-hydrogen) atoms. The quantitative estimate of drug-likeness (QED) is 0.667. The van der Waals surface area contributed by atoms with Gasteiger partial charge in [0.25, 0.3) is 0 Å². The molecule has 0 fully saturated rings. The number of aromatic nitrogens is 2. The number of nitrogens with one attached hydrogen (secondary N) is 1. The van der Waals surface area contributed by atoms with Crippen molar-refractivity contribution in [3.8, 4) is 5.75 Å². The van der Waals surface area contributed by atoms with Crippen molar-refractivity contribution in [2.45, 2.75) is 19.8 Å². The van der Waals surface area contributed by atoms with Crippen molar-refractivity contribution in [1.82, 2.24) is 9.97 Å². The summed E-state index contributed by atoms with van der Waals surface area (Å²) in [4.78, 5) is 11.4. The van der Waals surface area contributed by atoms with Gasteiger partial charge in [-0.1, -0.05) is 29.8 Å². The van der Waals surface area contributed by atoms with Gasteiger partial charge >= 0.3 is 0 Å². The Morgan fingerprint density at radius 1 is 1.19 bits per heavy atom. The molecule has 0 aliphatic carbocycles. The molecule has 0 unspecified atom stereocenters. The van der Waals surface area contributed by atoms with E-state index in [9.17, 15) is 0 Å². The molecule has 0 amide bonds. The number of ether oxygens (including phenoxy) is 1. The second kappa shape index (κ2) is 7.45. The summed E-state index contributed by atoms with van der Waals surface area (Å²) in [5.41, 5.74) is 4.32. The average Bonchev–Trinajstić information content (AvgIpc) is 2.70. The Hall–Kier alpha value is -2.79. The van der Waals surface area contributed by atoms with Crippen LogP contribution >= 0.6 is 11.6 Å². The minimum Gasteiger partial charge on any atom is -0.495 e. The van der Waals surface area contributed by atoms with Crippen LogP contribution < -0.4 is 15.0 Å². The maximum atomic E-state index is 6.20. The van der Waals surface area contributed by atoms with Gasteiger partial charge in [0.05, 0.1) is 12.8 Å². The van der Waals surface area contributed by atoms with Gasteiger partial charge in [-0.2, -0.15) is 4.98 Å². The maximum absolute atomic E-state index is 6.20. The van der Waals surface area contributed by atoms with Crippen LogP contribution in [-0.2, 0) is 6.42 Å². The molecular formula is C21H21ClN4O. The molecule has 1 aromatic heterocycles. The first-order chi connectivity index (χ1) is 13.2. The molecule has 0 saturated carbocycles. The summed E-state index contributed by atoms with van der Waals surface area (Å²) in [7, 11) is 1.62. The Morgan fingerprint density at radius 3 is 2.89 bits per heavy atom. The first kappa shape index (κ1) is 17.6. The highest BCUT2D eigenvalue weighted by Crippen LogP contribution is 2.34. The van der Waals surface area contributed by atoms with Crippen LogP contribution in [0.25, 0.3) is 0 Å². The van der Waals surface area contributed by atoms with Gasteiger partial charge in [0.2, 0.25) is 5.95 Å². The summed E-state index contributed by atoms with van der Waals surface area (Å²) in [5, 5.41) is 3.93.